The predicted molar refractivity (Wildman–Crippen MR) is 89.1 cm³/mol. The van der Waals surface area contributed by atoms with Crippen molar-refractivity contribution in [3.05, 3.63) is 41.9 Å². The van der Waals surface area contributed by atoms with Crippen molar-refractivity contribution in [2.45, 2.75) is 26.6 Å². The lowest BCUT2D eigenvalue weighted by Gasteiger charge is -2.29. The van der Waals surface area contributed by atoms with Crippen molar-refractivity contribution in [3.63, 3.8) is 0 Å². The van der Waals surface area contributed by atoms with E-state index in [9.17, 15) is 9.59 Å². The lowest BCUT2D eigenvalue weighted by Crippen LogP contribution is -2.42. The molecule has 1 N–H and O–H groups in total. The summed E-state index contributed by atoms with van der Waals surface area (Å²) in [5.41, 5.74) is 2.31. The lowest BCUT2D eigenvalue weighted by molar-refractivity contribution is -0.222. The van der Waals surface area contributed by atoms with E-state index in [1.54, 1.807) is 6.33 Å². The van der Waals surface area contributed by atoms with Gasteiger partial charge in [0, 0.05) is 38.3 Å². The molecule has 1 aliphatic rings. The fourth-order valence-corrected chi connectivity index (χ4v) is 2.49. The average Bonchev–Trinajstić information content (AvgIpc) is 2.93. The zero-order chi connectivity index (χ0) is 18.2. The van der Waals surface area contributed by atoms with Gasteiger partial charge in [-0.25, -0.2) is 9.59 Å². The summed E-state index contributed by atoms with van der Waals surface area (Å²) < 4.78 is 11.9. The summed E-state index contributed by atoms with van der Waals surface area (Å²) in [6.45, 7) is 4.91. The molecule has 2 heterocycles. The van der Waals surface area contributed by atoms with Crippen LogP contribution in [0.2, 0.25) is 0 Å². The molecule has 130 valence electrons. The maximum absolute atomic E-state index is 12.0. The van der Waals surface area contributed by atoms with Gasteiger partial charge in [0.15, 0.2) is 11.4 Å². The first-order valence-electron chi connectivity index (χ1n) is 7.66. The van der Waals surface area contributed by atoms with Crippen molar-refractivity contribution < 1.29 is 19.1 Å². The molecule has 1 fully saturated rings. The molecule has 2 aromatic rings. The Balaban J connectivity index is 1.88. The molecule has 0 unspecified atom stereocenters. The van der Waals surface area contributed by atoms with Gasteiger partial charge in [-0.3, -0.25) is 0 Å². The SMILES string of the molecule is Cc1c(NC=C2C(=O)OC(C)(C)OC2=O)cccc1-c1nncn1C. The maximum atomic E-state index is 12.0. The van der Waals surface area contributed by atoms with E-state index in [0.717, 1.165) is 16.8 Å². The minimum Gasteiger partial charge on any atom is -0.419 e. The molecule has 1 aliphatic heterocycles. The van der Waals surface area contributed by atoms with Crippen LogP contribution in [0.25, 0.3) is 11.4 Å². The van der Waals surface area contributed by atoms with E-state index >= 15 is 0 Å². The number of anilines is 1. The second-order valence-corrected chi connectivity index (χ2v) is 6.12. The second-order valence-electron chi connectivity index (χ2n) is 6.12. The summed E-state index contributed by atoms with van der Waals surface area (Å²) in [7, 11) is 1.85. The number of aromatic nitrogens is 3. The smallest absolute Gasteiger partial charge is 0.350 e. The number of cyclic esters (lactones) is 2. The van der Waals surface area contributed by atoms with Crippen LogP contribution in [0.15, 0.2) is 36.3 Å². The number of carbonyl (C=O) groups is 2. The molecule has 3 rings (SSSR count). The van der Waals surface area contributed by atoms with Crippen LogP contribution in [-0.4, -0.2) is 32.5 Å². The molecule has 0 saturated carbocycles. The Hall–Kier alpha value is -3.16. The Morgan fingerprint density at radius 2 is 1.88 bits per heavy atom. The first-order valence-corrected chi connectivity index (χ1v) is 7.66. The summed E-state index contributed by atoms with van der Waals surface area (Å²) in [6, 6.07) is 5.59. The van der Waals surface area contributed by atoms with Gasteiger partial charge >= 0.3 is 11.9 Å². The largest absolute Gasteiger partial charge is 0.419 e. The van der Waals surface area contributed by atoms with Gasteiger partial charge in [0.1, 0.15) is 6.33 Å². The highest BCUT2D eigenvalue weighted by molar-refractivity contribution is 6.15. The highest BCUT2D eigenvalue weighted by Crippen LogP contribution is 2.28. The fourth-order valence-electron chi connectivity index (χ4n) is 2.49. The predicted octanol–water partition coefficient (Wildman–Crippen LogP) is 1.92. The van der Waals surface area contributed by atoms with Crippen LogP contribution in [0.5, 0.6) is 0 Å². The van der Waals surface area contributed by atoms with Crippen LogP contribution in [-0.2, 0) is 26.1 Å². The van der Waals surface area contributed by atoms with Gasteiger partial charge in [-0.2, -0.15) is 0 Å². The highest BCUT2D eigenvalue weighted by atomic mass is 16.7. The molecule has 8 heteroatoms. The molecule has 1 aromatic carbocycles. The third-order valence-electron chi connectivity index (χ3n) is 3.77. The Labute approximate surface area is 144 Å². The zero-order valence-corrected chi connectivity index (χ0v) is 14.4. The Bertz CT molecular complexity index is 861. The van der Waals surface area contributed by atoms with Crippen LogP contribution in [0.1, 0.15) is 19.4 Å². The van der Waals surface area contributed by atoms with E-state index in [4.69, 9.17) is 9.47 Å². The summed E-state index contributed by atoms with van der Waals surface area (Å²) in [5, 5.41) is 11.0. The van der Waals surface area contributed by atoms with E-state index in [0.29, 0.717) is 5.82 Å². The number of benzene rings is 1. The third-order valence-corrected chi connectivity index (χ3v) is 3.77. The van der Waals surface area contributed by atoms with Gasteiger partial charge in [-0.15, -0.1) is 10.2 Å². The number of aryl methyl sites for hydroxylation is 1. The van der Waals surface area contributed by atoms with Crippen LogP contribution in [0, 0.1) is 6.92 Å². The van der Waals surface area contributed by atoms with Crippen LogP contribution < -0.4 is 5.32 Å². The van der Waals surface area contributed by atoms with Gasteiger partial charge in [-0.05, 0) is 18.6 Å². The molecule has 1 saturated heterocycles. The number of hydrogen-bond acceptors (Lipinski definition) is 7. The van der Waals surface area contributed by atoms with E-state index in [-0.39, 0.29) is 5.57 Å². The monoisotopic (exact) mass is 342 g/mol. The highest BCUT2D eigenvalue weighted by Gasteiger charge is 2.38. The van der Waals surface area contributed by atoms with Crippen molar-refractivity contribution in [3.8, 4) is 11.4 Å². The number of carbonyl (C=O) groups excluding carboxylic acids is 2. The van der Waals surface area contributed by atoms with Crippen LogP contribution in [0.4, 0.5) is 5.69 Å². The first kappa shape index (κ1) is 16.7. The summed E-state index contributed by atoms with van der Waals surface area (Å²) in [5.74, 6) is -1.99. The van der Waals surface area contributed by atoms with Gasteiger partial charge in [0.25, 0.3) is 5.79 Å². The minimum atomic E-state index is -1.26. The molecule has 0 bridgehead atoms. The molecule has 0 spiro atoms. The normalized spacial score (nSPS) is 16.2. The molecule has 8 nitrogen and oxygen atoms in total. The zero-order valence-electron chi connectivity index (χ0n) is 14.4. The van der Waals surface area contributed by atoms with Crippen molar-refractivity contribution in [1.82, 2.24) is 14.8 Å². The van der Waals surface area contributed by atoms with Crippen molar-refractivity contribution in [2.75, 3.05) is 5.32 Å². The van der Waals surface area contributed by atoms with E-state index in [2.05, 4.69) is 15.5 Å². The van der Waals surface area contributed by atoms with E-state index < -0.39 is 17.7 Å². The molecule has 0 radical (unpaired) electrons. The number of nitrogens with zero attached hydrogens (tertiary/aromatic N) is 3. The van der Waals surface area contributed by atoms with Crippen molar-refractivity contribution in [1.29, 1.82) is 0 Å². The third kappa shape index (κ3) is 3.23. The Kier molecular flexibility index (Phi) is 4.03. The number of rotatable bonds is 3. The van der Waals surface area contributed by atoms with E-state index in [1.807, 2.05) is 36.7 Å². The quantitative estimate of drug-likeness (QED) is 0.517. The number of esters is 2. The van der Waals surface area contributed by atoms with Crippen molar-refractivity contribution in [2.24, 2.45) is 7.05 Å². The summed E-state index contributed by atoms with van der Waals surface area (Å²) in [4.78, 5) is 23.9. The second kappa shape index (κ2) is 6.04. The molecule has 0 atom stereocenters. The van der Waals surface area contributed by atoms with Crippen molar-refractivity contribution >= 4 is 17.6 Å². The number of ether oxygens (including phenoxy) is 2. The molecule has 25 heavy (non-hydrogen) atoms. The Morgan fingerprint density at radius 1 is 1.20 bits per heavy atom. The van der Waals surface area contributed by atoms with Gasteiger partial charge in [0.05, 0.1) is 0 Å². The fraction of sp³-hybridized carbons (Fsp3) is 0.294. The maximum Gasteiger partial charge on any atom is 0.350 e. The molecular weight excluding hydrogens is 324 g/mol. The van der Waals surface area contributed by atoms with Gasteiger partial charge in [-0.1, -0.05) is 12.1 Å². The van der Waals surface area contributed by atoms with E-state index in [1.165, 1.54) is 20.0 Å². The molecule has 1 aromatic heterocycles. The van der Waals surface area contributed by atoms with Gasteiger partial charge in [0.2, 0.25) is 0 Å². The summed E-state index contributed by atoms with van der Waals surface area (Å²) >= 11 is 0. The molecular formula is C17H18N4O4. The van der Waals surface area contributed by atoms with Crippen LogP contribution >= 0.6 is 0 Å². The molecule has 0 aliphatic carbocycles. The summed E-state index contributed by atoms with van der Waals surface area (Å²) in [6.07, 6.45) is 2.91. The number of nitrogens with one attached hydrogen (secondary N) is 1. The number of hydrogen-bond donors (Lipinski definition) is 1. The molecule has 0 amide bonds. The van der Waals surface area contributed by atoms with Gasteiger partial charge < -0.3 is 19.4 Å². The first-order chi connectivity index (χ1) is 11.8. The average molecular weight is 342 g/mol. The van der Waals surface area contributed by atoms with Crippen LogP contribution in [0.3, 0.4) is 0 Å². The lowest BCUT2D eigenvalue weighted by atomic mass is 10.1. The minimum absolute atomic E-state index is 0.192. The Morgan fingerprint density at radius 3 is 2.48 bits per heavy atom. The standard InChI is InChI=1S/C17H18N4O4/c1-10-11(14-20-19-9-21(14)4)6-5-7-13(10)18-8-12-15(22)24-17(2,3)25-16(12)23/h5-9,18H,1-4H3. The topological polar surface area (TPSA) is 95.3 Å².